The number of nitrogens with one attached hydrogen (secondary N) is 2. The maximum absolute atomic E-state index is 11.2. The van der Waals surface area contributed by atoms with Crippen LogP contribution in [0.4, 0.5) is 17.5 Å². The van der Waals surface area contributed by atoms with Gasteiger partial charge in [-0.2, -0.15) is 4.98 Å². The van der Waals surface area contributed by atoms with Crippen LogP contribution in [-0.2, 0) is 10.0 Å². The van der Waals surface area contributed by atoms with E-state index in [1.54, 1.807) is 18.3 Å². The molecule has 2 rings (SSSR count). The van der Waals surface area contributed by atoms with Crippen molar-refractivity contribution < 1.29 is 8.42 Å². The minimum atomic E-state index is -3.70. The number of benzene rings is 1. The summed E-state index contributed by atoms with van der Waals surface area (Å²) < 4.78 is 22.4. The number of primary sulfonamides is 1. The van der Waals surface area contributed by atoms with Crippen LogP contribution in [0.3, 0.4) is 0 Å². The molecule has 0 saturated heterocycles. The second-order valence-corrected chi connectivity index (χ2v) is 6.04. The van der Waals surface area contributed by atoms with Crippen LogP contribution in [0.1, 0.15) is 5.56 Å². The Balaban J connectivity index is 2.19. The number of nitrogens with zero attached hydrogens (tertiary/aromatic N) is 2. The van der Waals surface area contributed by atoms with E-state index in [1.807, 2.05) is 6.92 Å². The SMILES string of the molecule is C#CCNc1nc(Nc2ccc(S(N)(=O)=O)cc2)ncc1C. The molecule has 0 aliphatic rings. The molecule has 7 nitrogen and oxygen atoms in total. The molecule has 0 unspecified atom stereocenters. The average molecular weight is 317 g/mol. The van der Waals surface area contributed by atoms with Crippen molar-refractivity contribution >= 4 is 27.5 Å². The van der Waals surface area contributed by atoms with Crippen LogP contribution in [0.2, 0.25) is 0 Å². The van der Waals surface area contributed by atoms with Crippen LogP contribution < -0.4 is 15.8 Å². The first-order chi connectivity index (χ1) is 10.4. The summed E-state index contributed by atoms with van der Waals surface area (Å²) in [4.78, 5) is 8.50. The molecule has 0 aliphatic carbocycles. The molecule has 0 amide bonds. The highest BCUT2D eigenvalue weighted by Crippen LogP contribution is 2.18. The number of terminal acetylenes is 1. The molecule has 114 valence electrons. The minimum absolute atomic E-state index is 0.0410. The second kappa shape index (κ2) is 6.43. The van der Waals surface area contributed by atoms with E-state index in [0.29, 0.717) is 24.0 Å². The quantitative estimate of drug-likeness (QED) is 0.715. The van der Waals surface area contributed by atoms with Gasteiger partial charge in [-0.25, -0.2) is 18.5 Å². The van der Waals surface area contributed by atoms with Crippen LogP contribution in [0.25, 0.3) is 0 Å². The zero-order chi connectivity index (χ0) is 16.2. The molecule has 0 aliphatic heterocycles. The van der Waals surface area contributed by atoms with Gasteiger partial charge in [-0.15, -0.1) is 6.42 Å². The molecule has 2 aromatic rings. The van der Waals surface area contributed by atoms with Gasteiger partial charge in [0.2, 0.25) is 16.0 Å². The lowest BCUT2D eigenvalue weighted by Crippen LogP contribution is -2.12. The number of rotatable bonds is 5. The predicted octanol–water partition coefficient (Wildman–Crippen LogP) is 1.22. The monoisotopic (exact) mass is 317 g/mol. The third-order valence-electron chi connectivity index (χ3n) is 2.77. The fourth-order valence-corrected chi connectivity index (χ4v) is 2.19. The van der Waals surface area contributed by atoms with Gasteiger partial charge in [0.1, 0.15) is 5.82 Å². The Bertz CT molecular complexity index is 810. The van der Waals surface area contributed by atoms with Crippen molar-refractivity contribution in [2.24, 2.45) is 5.14 Å². The largest absolute Gasteiger partial charge is 0.359 e. The first kappa shape index (κ1) is 15.8. The zero-order valence-electron chi connectivity index (χ0n) is 11.9. The van der Waals surface area contributed by atoms with Crippen molar-refractivity contribution in [3.63, 3.8) is 0 Å². The molecule has 0 fully saturated rings. The van der Waals surface area contributed by atoms with Gasteiger partial charge in [0.25, 0.3) is 0 Å². The van der Waals surface area contributed by atoms with Crippen LogP contribution >= 0.6 is 0 Å². The smallest absolute Gasteiger partial charge is 0.238 e. The molecule has 0 atom stereocenters. The summed E-state index contributed by atoms with van der Waals surface area (Å²) in [5.74, 6) is 3.48. The van der Waals surface area contributed by atoms with Crippen molar-refractivity contribution in [2.45, 2.75) is 11.8 Å². The van der Waals surface area contributed by atoms with Crippen LogP contribution in [-0.4, -0.2) is 24.9 Å². The summed E-state index contributed by atoms with van der Waals surface area (Å²) in [6.45, 7) is 2.23. The molecule has 1 heterocycles. The Morgan fingerprint density at radius 3 is 2.59 bits per heavy atom. The van der Waals surface area contributed by atoms with Gasteiger partial charge in [-0.1, -0.05) is 5.92 Å². The van der Waals surface area contributed by atoms with E-state index in [0.717, 1.165) is 5.56 Å². The molecule has 22 heavy (non-hydrogen) atoms. The molecule has 4 N–H and O–H groups in total. The summed E-state index contributed by atoms with van der Waals surface area (Å²) >= 11 is 0. The zero-order valence-corrected chi connectivity index (χ0v) is 12.7. The number of hydrogen-bond donors (Lipinski definition) is 3. The molecule has 0 bridgehead atoms. The molecule has 0 saturated carbocycles. The third-order valence-corrected chi connectivity index (χ3v) is 3.70. The van der Waals surface area contributed by atoms with Crippen LogP contribution in [0.15, 0.2) is 35.4 Å². The van der Waals surface area contributed by atoms with E-state index in [1.165, 1.54) is 12.1 Å². The highest BCUT2D eigenvalue weighted by Gasteiger charge is 2.08. The first-order valence-corrected chi connectivity index (χ1v) is 7.85. The molecular weight excluding hydrogens is 302 g/mol. The van der Waals surface area contributed by atoms with Crippen LogP contribution in [0, 0.1) is 19.3 Å². The van der Waals surface area contributed by atoms with Gasteiger partial charge in [0.05, 0.1) is 11.4 Å². The number of anilines is 3. The van der Waals surface area contributed by atoms with E-state index < -0.39 is 10.0 Å². The standard InChI is InChI=1S/C14H15N5O2S/c1-3-8-16-13-10(2)9-17-14(19-13)18-11-4-6-12(7-5-11)22(15,20)21/h1,4-7,9H,8H2,2H3,(H2,15,20,21)(H2,16,17,18,19). The van der Waals surface area contributed by atoms with E-state index in [-0.39, 0.29) is 4.90 Å². The molecule has 0 spiro atoms. The fourth-order valence-electron chi connectivity index (χ4n) is 1.67. The van der Waals surface area contributed by atoms with Gasteiger partial charge in [-0.05, 0) is 31.2 Å². The highest BCUT2D eigenvalue weighted by molar-refractivity contribution is 7.89. The third kappa shape index (κ3) is 3.94. The van der Waals surface area contributed by atoms with E-state index in [2.05, 4.69) is 26.5 Å². The second-order valence-electron chi connectivity index (χ2n) is 4.48. The highest BCUT2D eigenvalue weighted by atomic mass is 32.2. The maximum atomic E-state index is 11.2. The molecule has 1 aromatic heterocycles. The molecule has 8 heteroatoms. The van der Waals surface area contributed by atoms with Gasteiger partial charge in [0, 0.05) is 17.4 Å². The number of aromatic nitrogens is 2. The predicted molar refractivity (Wildman–Crippen MR) is 85.2 cm³/mol. The van der Waals surface area contributed by atoms with Gasteiger partial charge in [0.15, 0.2) is 0 Å². The summed E-state index contributed by atoms with van der Waals surface area (Å²) in [7, 11) is -3.70. The summed E-state index contributed by atoms with van der Waals surface area (Å²) in [5, 5.41) is 11.0. The van der Waals surface area contributed by atoms with Crippen molar-refractivity contribution in [3.05, 3.63) is 36.0 Å². The summed E-state index contributed by atoms with van der Waals surface area (Å²) in [6.07, 6.45) is 6.87. The van der Waals surface area contributed by atoms with Gasteiger partial charge < -0.3 is 10.6 Å². The summed E-state index contributed by atoms with van der Waals surface area (Å²) in [6, 6.07) is 5.97. The van der Waals surface area contributed by atoms with E-state index in [4.69, 9.17) is 11.6 Å². The number of hydrogen-bond acceptors (Lipinski definition) is 6. The first-order valence-electron chi connectivity index (χ1n) is 6.31. The Labute approximate surface area is 129 Å². The average Bonchev–Trinajstić information content (AvgIpc) is 2.47. The maximum Gasteiger partial charge on any atom is 0.238 e. The van der Waals surface area contributed by atoms with E-state index >= 15 is 0 Å². The lowest BCUT2D eigenvalue weighted by atomic mass is 10.3. The van der Waals surface area contributed by atoms with Gasteiger partial charge >= 0.3 is 0 Å². The topological polar surface area (TPSA) is 110 Å². The fraction of sp³-hybridized carbons (Fsp3) is 0.143. The van der Waals surface area contributed by atoms with E-state index in [9.17, 15) is 8.42 Å². The van der Waals surface area contributed by atoms with Crippen molar-refractivity contribution in [2.75, 3.05) is 17.2 Å². The van der Waals surface area contributed by atoms with Crippen molar-refractivity contribution in [3.8, 4) is 12.3 Å². The van der Waals surface area contributed by atoms with Gasteiger partial charge in [-0.3, -0.25) is 0 Å². The molecular formula is C14H15N5O2S. The van der Waals surface area contributed by atoms with Crippen molar-refractivity contribution in [1.82, 2.24) is 9.97 Å². The Morgan fingerprint density at radius 1 is 1.32 bits per heavy atom. The van der Waals surface area contributed by atoms with Crippen molar-refractivity contribution in [1.29, 1.82) is 0 Å². The Morgan fingerprint density at radius 2 is 2.00 bits per heavy atom. The van der Waals surface area contributed by atoms with Crippen LogP contribution in [0.5, 0.6) is 0 Å². The Hall–Kier alpha value is -2.63. The Kier molecular flexibility index (Phi) is 4.60. The number of sulfonamides is 1. The normalized spacial score (nSPS) is 10.8. The number of aryl methyl sites for hydroxylation is 1. The minimum Gasteiger partial charge on any atom is -0.359 e. The molecule has 1 aromatic carbocycles. The lowest BCUT2D eigenvalue weighted by molar-refractivity contribution is 0.598. The lowest BCUT2D eigenvalue weighted by Gasteiger charge is -2.09. The summed E-state index contributed by atoms with van der Waals surface area (Å²) in [5.41, 5.74) is 1.50. The molecule has 0 radical (unpaired) electrons. The number of nitrogens with two attached hydrogens (primary N) is 1.